The van der Waals surface area contributed by atoms with Crippen LogP contribution in [-0.2, 0) is 0 Å². The second-order valence-corrected chi connectivity index (χ2v) is 6.04. The molecule has 1 aromatic carbocycles. The number of rotatable bonds is 4. The van der Waals surface area contributed by atoms with Crippen molar-refractivity contribution in [1.82, 2.24) is 5.32 Å². The van der Waals surface area contributed by atoms with Crippen molar-refractivity contribution in [3.8, 4) is 11.5 Å². The minimum absolute atomic E-state index is 0.200. The number of ether oxygens (including phenoxy) is 1. The first-order valence-corrected chi connectivity index (χ1v) is 7.74. The maximum absolute atomic E-state index is 9.67. The van der Waals surface area contributed by atoms with Gasteiger partial charge < -0.3 is 15.2 Å². The second-order valence-electron chi connectivity index (χ2n) is 6.04. The molecule has 20 heavy (non-hydrogen) atoms. The molecule has 3 unspecified atom stereocenters. The summed E-state index contributed by atoms with van der Waals surface area (Å²) in [5.41, 5.74) is 1.16. The van der Waals surface area contributed by atoms with Crippen LogP contribution < -0.4 is 10.1 Å². The Bertz CT molecular complexity index is 433. The van der Waals surface area contributed by atoms with Gasteiger partial charge in [0, 0.05) is 12.1 Å². The number of phenolic OH excluding ortho intramolecular Hbond substituents is 1. The van der Waals surface area contributed by atoms with Gasteiger partial charge in [-0.3, -0.25) is 0 Å². The third-order valence-corrected chi connectivity index (χ3v) is 4.53. The van der Waals surface area contributed by atoms with Gasteiger partial charge in [-0.1, -0.05) is 32.3 Å². The minimum Gasteiger partial charge on any atom is -0.504 e. The second kappa shape index (κ2) is 6.98. The molecule has 2 rings (SSSR count). The van der Waals surface area contributed by atoms with Crippen LogP contribution >= 0.6 is 0 Å². The van der Waals surface area contributed by atoms with Crippen LogP contribution in [0.1, 0.15) is 57.6 Å². The van der Waals surface area contributed by atoms with E-state index in [0.717, 1.165) is 11.5 Å². The van der Waals surface area contributed by atoms with E-state index in [9.17, 15) is 5.11 Å². The summed E-state index contributed by atoms with van der Waals surface area (Å²) in [7, 11) is 1.59. The fraction of sp³-hybridized carbons (Fsp3) is 0.647. The Kier molecular flexibility index (Phi) is 5.30. The maximum atomic E-state index is 9.67. The summed E-state index contributed by atoms with van der Waals surface area (Å²) >= 11 is 0. The van der Waals surface area contributed by atoms with Crippen LogP contribution in [0.4, 0.5) is 0 Å². The van der Waals surface area contributed by atoms with E-state index in [1.165, 1.54) is 32.1 Å². The minimum atomic E-state index is 0.200. The molecule has 2 N–H and O–H groups in total. The van der Waals surface area contributed by atoms with Gasteiger partial charge in [0.15, 0.2) is 11.5 Å². The van der Waals surface area contributed by atoms with Gasteiger partial charge >= 0.3 is 0 Å². The van der Waals surface area contributed by atoms with Gasteiger partial charge in [-0.2, -0.15) is 0 Å². The first-order valence-electron chi connectivity index (χ1n) is 7.74. The Hall–Kier alpha value is -1.22. The van der Waals surface area contributed by atoms with Crippen molar-refractivity contribution >= 4 is 0 Å². The highest BCUT2D eigenvalue weighted by molar-refractivity contribution is 5.42. The fourth-order valence-electron chi connectivity index (χ4n) is 3.12. The molecule has 0 heterocycles. The van der Waals surface area contributed by atoms with E-state index in [-0.39, 0.29) is 11.8 Å². The number of nitrogens with one attached hydrogen (secondary N) is 1. The SMILES string of the molecule is COc1cc(C(C)NC2CCCCCC2C)ccc1O. The maximum Gasteiger partial charge on any atom is 0.160 e. The molecule has 0 amide bonds. The summed E-state index contributed by atoms with van der Waals surface area (Å²) in [5.74, 6) is 1.48. The van der Waals surface area contributed by atoms with Crippen LogP contribution in [0.15, 0.2) is 18.2 Å². The monoisotopic (exact) mass is 277 g/mol. The molecular formula is C17H27NO2. The number of phenols is 1. The molecule has 0 aliphatic heterocycles. The van der Waals surface area contributed by atoms with Crippen LogP contribution in [0.25, 0.3) is 0 Å². The average Bonchev–Trinajstić information content (AvgIpc) is 2.64. The molecule has 0 saturated heterocycles. The van der Waals surface area contributed by atoms with E-state index in [1.807, 2.05) is 12.1 Å². The molecule has 3 nitrogen and oxygen atoms in total. The number of aromatic hydroxyl groups is 1. The number of methoxy groups -OCH3 is 1. The predicted molar refractivity (Wildman–Crippen MR) is 82.2 cm³/mol. The molecule has 112 valence electrons. The van der Waals surface area contributed by atoms with Gasteiger partial charge in [0.05, 0.1) is 7.11 Å². The van der Waals surface area contributed by atoms with Gasteiger partial charge in [-0.05, 0) is 43.4 Å². The van der Waals surface area contributed by atoms with Crippen molar-refractivity contribution < 1.29 is 9.84 Å². The lowest BCUT2D eigenvalue weighted by atomic mass is 9.95. The quantitative estimate of drug-likeness (QED) is 0.817. The van der Waals surface area contributed by atoms with Crippen molar-refractivity contribution in [2.75, 3.05) is 7.11 Å². The smallest absolute Gasteiger partial charge is 0.160 e. The highest BCUT2D eigenvalue weighted by atomic mass is 16.5. The zero-order valence-corrected chi connectivity index (χ0v) is 12.9. The molecule has 0 radical (unpaired) electrons. The normalized spacial score (nSPS) is 24.9. The van der Waals surface area contributed by atoms with Gasteiger partial charge in [0.2, 0.25) is 0 Å². The first-order chi connectivity index (χ1) is 9.61. The third-order valence-electron chi connectivity index (χ3n) is 4.53. The lowest BCUT2D eigenvalue weighted by molar-refractivity contribution is 0.328. The summed E-state index contributed by atoms with van der Waals surface area (Å²) in [6, 6.07) is 6.47. The van der Waals surface area contributed by atoms with E-state index in [0.29, 0.717) is 11.8 Å². The number of hydrogen-bond donors (Lipinski definition) is 2. The van der Waals surface area contributed by atoms with Crippen LogP contribution in [0.3, 0.4) is 0 Å². The zero-order chi connectivity index (χ0) is 14.5. The molecule has 0 bridgehead atoms. The molecule has 0 spiro atoms. The molecule has 3 heteroatoms. The fourth-order valence-corrected chi connectivity index (χ4v) is 3.12. The lowest BCUT2D eigenvalue weighted by Crippen LogP contribution is -2.36. The molecule has 1 aromatic rings. The molecule has 0 aromatic heterocycles. The Morgan fingerprint density at radius 2 is 2.00 bits per heavy atom. The molecule has 1 fully saturated rings. The van der Waals surface area contributed by atoms with E-state index >= 15 is 0 Å². The van der Waals surface area contributed by atoms with Crippen LogP contribution in [-0.4, -0.2) is 18.3 Å². The topological polar surface area (TPSA) is 41.5 Å². The predicted octanol–water partition coefficient (Wildman–Crippen LogP) is 4.02. The van der Waals surface area contributed by atoms with Crippen molar-refractivity contribution in [1.29, 1.82) is 0 Å². The summed E-state index contributed by atoms with van der Waals surface area (Å²) in [4.78, 5) is 0. The largest absolute Gasteiger partial charge is 0.504 e. The Labute approximate surface area is 122 Å². The van der Waals surface area contributed by atoms with Gasteiger partial charge in [-0.15, -0.1) is 0 Å². The summed E-state index contributed by atoms with van der Waals surface area (Å²) < 4.78 is 5.19. The Morgan fingerprint density at radius 1 is 1.25 bits per heavy atom. The van der Waals surface area contributed by atoms with Crippen LogP contribution in [0.2, 0.25) is 0 Å². The lowest BCUT2D eigenvalue weighted by Gasteiger charge is -2.27. The number of benzene rings is 1. The van der Waals surface area contributed by atoms with Gasteiger partial charge in [0.1, 0.15) is 0 Å². The van der Waals surface area contributed by atoms with Crippen molar-refractivity contribution in [3.05, 3.63) is 23.8 Å². The molecule has 1 saturated carbocycles. The summed E-state index contributed by atoms with van der Waals surface area (Å²) in [6.07, 6.45) is 6.64. The van der Waals surface area contributed by atoms with Crippen LogP contribution in [0.5, 0.6) is 11.5 Å². The molecule has 1 aliphatic carbocycles. The average molecular weight is 277 g/mol. The van der Waals surface area contributed by atoms with Crippen molar-refractivity contribution in [2.45, 2.75) is 58.0 Å². The van der Waals surface area contributed by atoms with Crippen molar-refractivity contribution in [2.24, 2.45) is 5.92 Å². The van der Waals surface area contributed by atoms with E-state index < -0.39 is 0 Å². The van der Waals surface area contributed by atoms with Crippen LogP contribution in [0, 0.1) is 5.92 Å². The van der Waals surface area contributed by atoms with E-state index in [1.54, 1.807) is 13.2 Å². The Balaban J connectivity index is 2.05. The summed E-state index contributed by atoms with van der Waals surface area (Å²) in [5, 5.41) is 13.4. The standard InChI is InChI=1S/C17H27NO2/c1-12-7-5-4-6-8-15(12)18-13(2)14-9-10-16(19)17(11-14)20-3/h9-13,15,18-19H,4-8H2,1-3H3. The van der Waals surface area contributed by atoms with Crippen molar-refractivity contribution in [3.63, 3.8) is 0 Å². The van der Waals surface area contributed by atoms with Gasteiger partial charge in [-0.25, -0.2) is 0 Å². The zero-order valence-electron chi connectivity index (χ0n) is 12.9. The molecule has 3 atom stereocenters. The highest BCUT2D eigenvalue weighted by Crippen LogP contribution is 2.30. The Morgan fingerprint density at radius 3 is 2.75 bits per heavy atom. The third kappa shape index (κ3) is 3.66. The van der Waals surface area contributed by atoms with E-state index in [2.05, 4.69) is 19.2 Å². The van der Waals surface area contributed by atoms with Gasteiger partial charge in [0.25, 0.3) is 0 Å². The van der Waals surface area contributed by atoms with E-state index in [4.69, 9.17) is 4.74 Å². The summed E-state index contributed by atoms with van der Waals surface area (Å²) in [6.45, 7) is 4.54. The highest BCUT2D eigenvalue weighted by Gasteiger charge is 2.22. The first kappa shape index (κ1) is 15.2. The molecular weight excluding hydrogens is 250 g/mol. The molecule has 1 aliphatic rings. The number of hydrogen-bond acceptors (Lipinski definition) is 3.